The van der Waals surface area contributed by atoms with Crippen molar-refractivity contribution in [1.29, 1.82) is 5.26 Å². The molecule has 1 heterocycles. The number of hydrogen-bond acceptors (Lipinski definition) is 3. The Hall–Kier alpha value is -2.85. The van der Waals surface area contributed by atoms with Gasteiger partial charge in [0.2, 0.25) is 0 Å². The summed E-state index contributed by atoms with van der Waals surface area (Å²) in [5.74, 6) is 5.21. The molecule has 0 bridgehead atoms. The number of hydrogen-bond donors (Lipinski definition) is 1. The molecule has 4 heteroatoms. The third kappa shape index (κ3) is 2.63. The molecule has 2 rings (SSSR count). The Morgan fingerprint density at radius 3 is 2.50 bits per heavy atom. The number of anilines is 1. The zero-order chi connectivity index (χ0) is 13.0. The van der Waals surface area contributed by atoms with Gasteiger partial charge in [0.15, 0.2) is 0 Å². The van der Waals surface area contributed by atoms with Crippen molar-refractivity contribution in [3.8, 4) is 17.9 Å². The number of halogens is 1. The van der Waals surface area contributed by atoms with E-state index in [-0.39, 0.29) is 5.69 Å². The summed E-state index contributed by atoms with van der Waals surface area (Å²) in [5.41, 5.74) is 7.17. The SMILES string of the molecule is N#Cc1cncc(C#Cc2ccc(F)c(N)c2)c1. The molecule has 18 heavy (non-hydrogen) atoms. The molecule has 2 aromatic rings. The summed E-state index contributed by atoms with van der Waals surface area (Å²) in [5, 5.41) is 8.72. The quantitative estimate of drug-likeness (QED) is 0.563. The van der Waals surface area contributed by atoms with Gasteiger partial charge in [-0.1, -0.05) is 11.8 Å². The molecule has 0 aliphatic carbocycles. The summed E-state index contributed by atoms with van der Waals surface area (Å²) in [6.07, 6.45) is 3.02. The summed E-state index contributed by atoms with van der Waals surface area (Å²) in [6, 6.07) is 7.89. The molecule has 2 N–H and O–H groups in total. The van der Waals surface area contributed by atoms with Crippen LogP contribution in [-0.4, -0.2) is 4.98 Å². The number of nitriles is 1. The maximum Gasteiger partial charge on any atom is 0.146 e. The number of aromatic nitrogens is 1. The number of nitrogen functional groups attached to an aromatic ring is 1. The zero-order valence-electron chi connectivity index (χ0n) is 9.31. The first-order valence-electron chi connectivity index (χ1n) is 5.11. The number of rotatable bonds is 0. The second-order valence-electron chi connectivity index (χ2n) is 3.56. The fourth-order valence-corrected chi connectivity index (χ4v) is 1.34. The topological polar surface area (TPSA) is 62.7 Å². The van der Waals surface area contributed by atoms with Gasteiger partial charge in [-0.2, -0.15) is 5.26 Å². The van der Waals surface area contributed by atoms with E-state index in [2.05, 4.69) is 16.8 Å². The van der Waals surface area contributed by atoms with E-state index in [1.165, 1.54) is 18.3 Å². The Morgan fingerprint density at radius 1 is 1.06 bits per heavy atom. The van der Waals surface area contributed by atoms with Gasteiger partial charge >= 0.3 is 0 Å². The van der Waals surface area contributed by atoms with E-state index in [4.69, 9.17) is 11.0 Å². The molecular weight excluding hydrogens is 229 g/mol. The molecule has 1 aromatic carbocycles. The Bertz CT molecular complexity index is 690. The molecule has 0 unspecified atom stereocenters. The number of benzene rings is 1. The molecular formula is C14H8FN3. The maximum atomic E-state index is 12.9. The average molecular weight is 237 g/mol. The zero-order valence-corrected chi connectivity index (χ0v) is 9.31. The lowest BCUT2D eigenvalue weighted by Gasteiger charge is -1.96. The van der Waals surface area contributed by atoms with Crippen LogP contribution in [0, 0.1) is 29.0 Å². The smallest absolute Gasteiger partial charge is 0.146 e. The summed E-state index contributed by atoms with van der Waals surface area (Å²) in [4.78, 5) is 3.89. The predicted molar refractivity (Wildman–Crippen MR) is 65.7 cm³/mol. The Morgan fingerprint density at radius 2 is 1.78 bits per heavy atom. The summed E-state index contributed by atoms with van der Waals surface area (Å²) in [6.45, 7) is 0. The van der Waals surface area contributed by atoms with Crippen LogP contribution in [0.3, 0.4) is 0 Å². The number of nitrogens with two attached hydrogens (primary N) is 1. The number of nitrogens with zero attached hydrogens (tertiary/aromatic N) is 2. The fourth-order valence-electron chi connectivity index (χ4n) is 1.34. The van der Waals surface area contributed by atoms with Gasteiger partial charge in [-0.25, -0.2) is 4.39 Å². The minimum atomic E-state index is -0.464. The average Bonchev–Trinajstić information content (AvgIpc) is 2.40. The fraction of sp³-hybridized carbons (Fsp3) is 0. The van der Waals surface area contributed by atoms with Crippen LogP contribution in [0.15, 0.2) is 36.7 Å². The van der Waals surface area contributed by atoms with E-state index < -0.39 is 5.82 Å². The maximum absolute atomic E-state index is 12.9. The largest absolute Gasteiger partial charge is 0.396 e. The van der Waals surface area contributed by atoms with E-state index in [1.54, 1.807) is 18.3 Å². The van der Waals surface area contributed by atoms with Crippen molar-refractivity contribution in [3.05, 3.63) is 59.2 Å². The molecule has 0 aliphatic rings. The van der Waals surface area contributed by atoms with Crippen LogP contribution in [0.5, 0.6) is 0 Å². The van der Waals surface area contributed by atoms with Crippen molar-refractivity contribution in [2.75, 3.05) is 5.73 Å². The molecule has 0 aliphatic heterocycles. The molecule has 0 saturated heterocycles. The summed E-state index contributed by atoms with van der Waals surface area (Å²) >= 11 is 0. The van der Waals surface area contributed by atoms with Crippen molar-refractivity contribution < 1.29 is 4.39 Å². The third-order valence-electron chi connectivity index (χ3n) is 2.21. The first-order valence-corrected chi connectivity index (χ1v) is 5.11. The van der Waals surface area contributed by atoms with Gasteiger partial charge in [-0.05, 0) is 24.3 Å². The first-order chi connectivity index (χ1) is 8.69. The standard InChI is InChI=1S/C14H8FN3/c15-13-4-3-10(6-14(13)17)1-2-11-5-12(7-16)9-18-8-11/h3-6,8-9H,17H2. The highest BCUT2D eigenvalue weighted by atomic mass is 19.1. The van der Waals surface area contributed by atoms with Gasteiger partial charge < -0.3 is 5.73 Å². The predicted octanol–water partition coefficient (Wildman–Crippen LogP) is 2.07. The highest BCUT2D eigenvalue weighted by Crippen LogP contribution is 2.11. The highest BCUT2D eigenvalue weighted by Gasteiger charge is 1.97. The van der Waals surface area contributed by atoms with E-state index in [0.29, 0.717) is 16.7 Å². The lowest BCUT2D eigenvalue weighted by molar-refractivity contribution is 0.632. The monoisotopic (exact) mass is 237 g/mol. The van der Waals surface area contributed by atoms with Crippen LogP contribution in [-0.2, 0) is 0 Å². The molecule has 0 atom stereocenters. The van der Waals surface area contributed by atoms with E-state index >= 15 is 0 Å². The minimum absolute atomic E-state index is 0.0608. The van der Waals surface area contributed by atoms with Gasteiger partial charge in [0.1, 0.15) is 11.9 Å². The van der Waals surface area contributed by atoms with Crippen molar-refractivity contribution in [2.24, 2.45) is 0 Å². The Balaban J connectivity index is 2.31. The van der Waals surface area contributed by atoms with Gasteiger partial charge in [-0.3, -0.25) is 4.98 Å². The van der Waals surface area contributed by atoms with Crippen LogP contribution < -0.4 is 5.73 Å². The Labute approximate surface area is 104 Å². The van der Waals surface area contributed by atoms with Gasteiger partial charge in [0.05, 0.1) is 11.3 Å². The van der Waals surface area contributed by atoms with Gasteiger partial charge in [-0.15, -0.1) is 0 Å². The molecule has 0 spiro atoms. The van der Waals surface area contributed by atoms with Crippen LogP contribution in [0.4, 0.5) is 10.1 Å². The molecule has 3 nitrogen and oxygen atoms in total. The molecule has 0 radical (unpaired) electrons. The van der Waals surface area contributed by atoms with E-state index in [0.717, 1.165) is 0 Å². The molecule has 0 saturated carbocycles. The van der Waals surface area contributed by atoms with E-state index in [1.807, 2.05) is 6.07 Å². The van der Waals surface area contributed by atoms with Crippen molar-refractivity contribution in [1.82, 2.24) is 4.98 Å². The Kier molecular flexibility index (Phi) is 3.22. The minimum Gasteiger partial charge on any atom is -0.396 e. The summed E-state index contributed by atoms with van der Waals surface area (Å²) < 4.78 is 12.9. The second kappa shape index (κ2) is 4.99. The molecule has 1 aromatic heterocycles. The highest BCUT2D eigenvalue weighted by molar-refractivity contribution is 5.50. The van der Waals surface area contributed by atoms with Crippen molar-refractivity contribution >= 4 is 5.69 Å². The van der Waals surface area contributed by atoms with Crippen molar-refractivity contribution in [2.45, 2.75) is 0 Å². The van der Waals surface area contributed by atoms with Crippen LogP contribution in [0.1, 0.15) is 16.7 Å². The van der Waals surface area contributed by atoms with Gasteiger partial charge in [0.25, 0.3) is 0 Å². The number of pyridine rings is 1. The van der Waals surface area contributed by atoms with Crippen LogP contribution in [0.2, 0.25) is 0 Å². The molecule has 86 valence electrons. The van der Waals surface area contributed by atoms with Crippen molar-refractivity contribution in [3.63, 3.8) is 0 Å². The molecule has 0 fully saturated rings. The third-order valence-corrected chi connectivity index (χ3v) is 2.21. The second-order valence-corrected chi connectivity index (χ2v) is 3.56. The van der Waals surface area contributed by atoms with Crippen LogP contribution >= 0.6 is 0 Å². The summed E-state index contributed by atoms with van der Waals surface area (Å²) in [7, 11) is 0. The lowest BCUT2D eigenvalue weighted by Crippen LogP contribution is -1.90. The normalized spacial score (nSPS) is 9.11. The first kappa shape index (κ1) is 11.6. The van der Waals surface area contributed by atoms with Gasteiger partial charge in [0, 0.05) is 23.5 Å². The van der Waals surface area contributed by atoms with E-state index in [9.17, 15) is 4.39 Å². The lowest BCUT2D eigenvalue weighted by atomic mass is 10.1. The molecule has 0 amide bonds. The van der Waals surface area contributed by atoms with Crippen LogP contribution in [0.25, 0.3) is 0 Å².